The number of nitrogens with zero attached hydrogens (tertiary/aromatic N) is 4. The molecule has 0 radical (unpaired) electrons. The van der Waals surface area contributed by atoms with E-state index in [0.29, 0.717) is 11.9 Å². The monoisotopic (exact) mass is 312 g/mol. The normalized spacial score (nSPS) is 16.5. The fourth-order valence-corrected chi connectivity index (χ4v) is 2.59. The summed E-state index contributed by atoms with van der Waals surface area (Å²) in [6.45, 7) is 7.17. The van der Waals surface area contributed by atoms with Crippen LogP contribution in [-0.4, -0.2) is 41.2 Å². The van der Waals surface area contributed by atoms with Crippen LogP contribution in [0.1, 0.15) is 30.7 Å². The summed E-state index contributed by atoms with van der Waals surface area (Å²) >= 11 is 0. The smallest absolute Gasteiger partial charge is 0.175 e. The third-order valence-corrected chi connectivity index (χ3v) is 4.00. The van der Waals surface area contributed by atoms with Gasteiger partial charge in [-0.25, -0.2) is 10.0 Å². The number of hydrogen-bond donors (Lipinski definition) is 2. The van der Waals surface area contributed by atoms with E-state index in [1.54, 1.807) is 0 Å². The van der Waals surface area contributed by atoms with E-state index in [0.717, 1.165) is 29.3 Å². The molecule has 1 aromatic carbocycles. The Morgan fingerprint density at radius 1 is 1.26 bits per heavy atom. The summed E-state index contributed by atoms with van der Waals surface area (Å²) in [5, 5.41) is 9.36. The number of aryl methyl sites for hydroxylation is 1. The maximum Gasteiger partial charge on any atom is 0.175 e. The Hall–Kier alpha value is -2.34. The van der Waals surface area contributed by atoms with E-state index in [9.17, 15) is 0 Å². The van der Waals surface area contributed by atoms with Crippen LogP contribution in [0.15, 0.2) is 29.3 Å². The first-order valence-electron chi connectivity index (χ1n) is 7.88. The van der Waals surface area contributed by atoms with E-state index >= 15 is 0 Å². The minimum atomic E-state index is 0.378. The molecule has 0 spiro atoms. The minimum absolute atomic E-state index is 0.378. The third-order valence-electron chi connectivity index (χ3n) is 4.00. The van der Waals surface area contributed by atoms with Crippen molar-refractivity contribution in [3.05, 3.63) is 41.1 Å². The molecule has 2 heterocycles. The molecule has 2 aromatic rings. The summed E-state index contributed by atoms with van der Waals surface area (Å²) < 4.78 is 0. The number of hydrazine groups is 1. The van der Waals surface area contributed by atoms with Crippen LogP contribution in [0.4, 0.5) is 11.5 Å². The number of fused-ring (bicyclic) bond motifs is 1. The van der Waals surface area contributed by atoms with Crippen LogP contribution in [0.3, 0.4) is 0 Å². The van der Waals surface area contributed by atoms with Crippen LogP contribution in [0, 0.1) is 6.92 Å². The molecular formula is C17H24N6. The number of aliphatic imine (C=N–C) groups is 1. The molecule has 6 nitrogen and oxygen atoms in total. The zero-order valence-electron chi connectivity index (χ0n) is 14.4. The number of amidine groups is 1. The highest BCUT2D eigenvalue weighted by molar-refractivity contribution is 6.02. The zero-order chi connectivity index (χ0) is 16.6. The molecule has 1 aromatic heterocycles. The molecule has 0 fully saturated rings. The predicted octanol–water partition coefficient (Wildman–Crippen LogP) is 2.59. The lowest BCUT2D eigenvalue weighted by atomic mass is 10.0. The van der Waals surface area contributed by atoms with Crippen LogP contribution in [0.2, 0.25) is 0 Å². The van der Waals surface area contributed by atoms with Crippen LogP contribution in [-0.2, 0) is 6.54 Å². The van der Waals surface area contributed by atoms with Gasteiger partial charge in [0.2, 0.25) is 0 Å². The van der Waals surface area contributed by atoms with Gasteiger partial charge in [0.15, 0.2) is 11.7 Å². The van der Waals surface area contributed by atoms with Crippen LogP contribution in [0.5, 0.6) is 0 Å². The van der Waals surface area contributed by atoms with E-state index in [4.69, 9.17) is 4.99 Å². The zero-order valence-corrected chi connectivity index (χ0v) is 14.4. The molecule has 23 heavy (non-hydrogen) atoms. The standard InChI is InChI=1S/C17H24N6/c1-11(2)23-10-13-6-7-14(22(4)5)9-15(13)17(21-23)18-16-8-12(3)19-20-16/h6-9,11H,10H2,1-5H3,(H2,18,19,20,21). The van der Waals surface area contributed by atoms with Gasteiger partial charge < -0.3 is 10.3 Å². The third kappa shape index (κ3) is 3.22. The largest absolute Gasteiger partial charge is 0.378 e. The highest BCUT2D eigenvalue weighted by Crippen LogP contribution is 2.24. The van der Waals surface area contributed by atoms with Gasteiger partial charge in [0.1, 0.15) is 0 Å². The Balaban J connectivity index is 2.07. The van der Waals surface area contributed by atoms with Crippen molar-refractivity contribution >= 4 is 17.3 Å². The first-order chi connectivity index (χ1) is 10.9. The number of aromatic amines is 1. The molecule has 3 rings (SSSR count). The maximum atomic E-state index is 4.72. The van der Waals surface area contributed by atoms with Crippen molar-refractivity contribution < 1.29 is 0 Å². The van der Waals surface area contributed by atoms with Gasteiger partial charge in [-0.3, -0.25) is 5.10 Å². The second kappa shape index (κ2) is 6.04. The number of H-pyrrole nitrogens is 1. The van der Waals surface area contributed by atoms with Crippen LogP contribution < -0.4 is 10.3 Å². The predicted molar refractivity (Wildman–Crippen MR) is 94.1 cm³/mol. The lowest BCUT2D eigenvalue weighted by Gasteiger charge is -2.34. The first-order valence-corrected chi connectivity index (χ1v) is 7.88. The summed E-state index contributed by atoms with van der Waals surface area (Å²) in [5.74, 6) is 1.53. The first kappa shape index (κ1) is 15.6. The molecule has 1 aliphatic heterocycles. The van der Waals surface area contributed by atoms with Gasteiger partial charge in [-0.2, -0.15) is 5.10 Å². The van der Waals surface area contributed by atoms with E-state index < -0.39 is 0 Å². The molecule has 1 aliphatic rings. The van der Waals surface area contributed by atoms with E-state index in [2.05, 4.69) is 57.6 Å². The molecule has 0 saturated heterocycles. The Morgan fingerprint density at radius 3 is 2.65 bits per heavy atom. The average molecular weight is 312 g/mol. The molecule has 0 bridgehead atoms. The Bertz CT molecular complexity index is 728. The number of benzene rings is 1. The summed E-state index contributed by atoms with van der Waals surface area (Å²) in [4.78, 5) is 6.82. The average Bonchev–Trinajstić information content (AvgIpc) is 2.91. The second-order valence-electron chi connectivity index (χ2n) is 6.44. The molecule has 0 amide bonds. The van der Waals surface area contributed by atoms with Crippen molar-refractivity contribution in [3.63, 3.8) is 0 Å². The number of aromatic nitrogens is 2. The molecule has 122 valence electrons. The molecular weight excluding hydrogens is 288 g/mol. The lowest BCUT2D eigenvalue weighted by molar-refractivity contribution is 0.169. The summed E-state index contributed by atoms with van der Waals surface area (Å²) in [5.41, 5.74) is 8.01. The quantitative estimate of drug-likeness (QED) is 0.914. The SMILES string of the molecule is Cc1cc(N=C2NN(C(C)C)Cc3ccc(N(C)C)cc32)n[nH]1. The van der Waals surface area contributed by atoms with E-state index in [1.165, 1.54) is 5.56 Å². The summed E-state index contributed by atoms with van der Waals surface area (Å²) in [6, 6.07) is 8.84. The van der Waals surface area contributed by atoms with Crippen molar-refractivity contribution in [1.29, 1.82) is 0 Å². The Labute approximate surface area is 137 Å². The van der Waals surface area contributed by atoms with Crippen molar-refractivity contribution in [2.45, 2.75) is 33.4 Å². The number of anilines is 1. The molecule has 0 unspecified atom stereocenters. The van der Waals surface area contributed by atoms with E-state index in [1.807, 2.05) is 27.1 Å². The van der Waals surface area contributed by atoms with Gasteiger partial charge in [-0.05, 0) is 38.5 Å². The van der Waals surface area contributed by atoms with Crippen molar-refractivity contribution in [3.8, 4) is 0 Å². The topological polar surface area (TPSA) is 59.6 Å². The highest BCUT2D eigenvalue weighted by Gasteiger charge is 2.23. The number of hydrogen-bond acceptors (Lipinski definition) is 4. The lowest BCUT2D eigenvalue weighted by Crippen LogP contribution is -2.49. The Morgan fingerprint density at radius 2 is 2.04 bits per heavy atom. The van der Waals surface area contributed by atoms with Crippen molar-refractivity contribution in [2.75, 3.05) is 19.0 Å². The van der Waals surface area contributed by atoms with Crippen LogP contribution in [0.25, 0.3) is 0 Å². The summed E-state index contributed by atoms with van der Waals surface area (Å²) in [7, 11) is 4.10. The summed E-state index contributed by atoms with van der Waals surface area (Å²) in [6.07, 6.45) is 0. The van der Waals surface area contributed by atoms with Crippen molar-refractivity contribution in [1.82, 2.24) is 20.6 Å². The van der Waals surface area contributed by atoms with Gasteiger partial charge in [0.25, 0.3) is 0 Å². The fraction of sp³-hybridized carbons (Fsp3) is 0.412. The van der Waals surface area contributed by atoms with Crippen molar-refractivity contribution in [2.24, 2.45) is 4.99 Å². The van der Waals surface area contributed by atoms with Gasteiger partial charge in [0.05, 0.1) is 0 Å². The highest BCUT2D eigenvalue weighted by atomic mass is 15.5. The van der Waals surface area contributed by atoms with E-state index in [-0.39, 0.29) is 0 Å². The Kier molecular flexibility index (Phi) is 4.09. The molecule has 0 aliphatic carbocycles. The molecule has 0 atom stereocenters. The maximum absolute atomic E-state index is 4.72. The van der Waals surface area contributed by atoms with Crippen LogP contribution >= 0.6 is 0 Å². The number of nitrogens with one attached hydrogen (secondary N) is 2. The minimum Gasteiger partial charge on any atom is -0.378 e. The molecule has 6 heteroatoms. The van der Waals surface area contributed by atoms with Gasteiger partial charge in [-0.15, -0.1) is 0 Å². The van der Waals surface area contributed by atoms with Gasteiger partial charge in [-0.1, -0.05) is 6.07 Å². The number of rotatable bonds is 3. The second-order valence-corrected chi connectivity index (χ2v) is 6.44. The molecule has 2 N–H and O–H groups in total. The molecule has 0 saturated carbocycles. The van der Waals surface area contributed by atoms with Gasteiger partial charge >= 0.3 is 0 Å². The fourth-order valence-electron chi connectivity index (χ4n) is 2.59. The van der Waals surface area contributed by atoms with Gasteiger partial charge in [0, 0.05) is 49.7 Å².